The van der Waals surface area contributed by atoms with Crippen LogP contribution in [0, 0.1) is 6.92 Å². The first kappa shape index (κ1) is 9.69. The van der Waals surface area contributed by atoms with Crippen LogP contribution in [0.5, 0.6) is 0 Å². The van der Waals surface area contributed by atoms with Crippen molar-refractivity contribution in [2.24, 2.45) is 5.73 Å². The quantitative estimate of drug-likeness (QED) is 0.887. The van der Waals surface area contributed by atoms with Gasteiger partial charge in [-0.1, -0.05) is 0 Å². The molecule has 0 unspecified atom stereocenters. The molecule has 0 saturated heterocycles. The predicted molar refractivity (Wildman–Crippen MR) is 61.2 cm³/mol. The van der Waals surface area contributed by atoms with Gasteiger partial charge < -0.3 is 5.73 Å². The zero-order chi connectivity index (χ0) is 9.47. The van der Waals surface area contributed by atoms with E-state index in [9.17, 15) is 0 Å². The molecule has 1 aromatic heterocycles. The topological polar surface area (TPSA) is 26.0 Å². The molecular weight excluding hydrogens is 246 g/mol. The van der Waals surface area contributed by atoms with Gasteiger partial charge in [-0.3, -0.25) is 0 Å². The fraction of sp³-hybridized carbons (Fsp3) is 0.600. The van der Waals surface area contributed by atoms with Crippen molar-refractivity contribution in [3.63, 3.8) is 0 Å². The van der Waals surface area contributed by atoms with Crippen LogP contribution >= 0.6 is 27.3 Å². The van der Waals surface area contributed by atoms with E-state index in [0.717, 1.165) is 12.8 Å². The van der Waals surface area contributed by atoms with Crippen molar-refractivity contribution < 1.29 is 0 Å². The Labute approximate surface area is 91.5 Å². The molecular formula is C10H14BrNS. The van der Waals surface area contributed by atoms with Gasteiger partial charge in [0.1, 0.15) is 0 Å². The Morgan fingerprint density at radius 1 is 1.62 bits per heavy atom. The molecule has 1 fully saturated rings. The number of halogens is 1. The second kappa shape index (κ2) is 3.37. The molecule has 1 aliphatic carbocycles. The third kappa shape index (κ3) is 2.33. The minimum absolute atomic E-state index is 0.195. The van der Waals surface area contributed by atoms with E-state index in [4.69, 9.17) is 5.73 Å². The Kier molecular flexibility index (Phi) is 2.51. The van der Waals surface area contributed by atoms with E-state index in [1.165, 1.54) is 27.1 Å². The molecule has 1 aliphatic rings. The van der Waals surface area contributed by atoms with Crippen molar-refractivity contribution in [1.82, 2.24) is 0 Å². The molecule has 0 radical (unpaired) electrons. The van der Waals surface area contributed by atoms with Crippen molar-refractivity contribution >= 4 is 27.3 Å². The molecule has 3 heteroatoms. The predicted octanol–water partition coefficient (Wildman–Crippen LogP) is 3.24. The number of hydrogen-bond acceptors (Lipinski definition) is 2. The van der Waals surface area contributed by atoms with Crippen molar-refractivity contribution in [3.8, 4) is 0 Å². The summed E-state index contributed by atoms with van der Waals surface area (Å²) in [6, 6.07) is 2.23. The lowest BCUT2D eigenvalue weighted by Crippen LogP contribution is -2.22. The fourth-order valence-electron chi connectivity index (χ4n) is 1.52. The van der Waals surface area contributed by atoms with Crippen LogP contribution in [-0.2, 0) is 6.42 Å². The number of aryl methyl sites for hydroxylation is 2. The van der Waals surface area contributed by atoms with Crippen molar-refractivity contribution in [3.05, 3.63) is 20.3 Å². The second-order valence-electron chi connectivity index (χ2n) is 3.99. The first-order valence-corrected chi connectivity index (χ1v) is 6.24. The van der Waals surface area contributed by atoms with Gasteiger partial charge in [-0.25, -0.2) is 0 Å². The Morgan fingerprint density at radius 2 is 2.31 bits per heavy atom. The van der Waals surface area contributed by atoms with E-state index in [1.54, 1.807) is 0 Å². The van der Waals surface area contributed by atoms with Crippen LogP contribution in [0.3, 0.4) is 0 Å². The molecule has 1 nitrogen and oxygen atoms in total. The highest BCUT2D eigenvalue weighted by Crippen LogP contribution is 2.37. The fourth-order valence-corrected chi connectivity index (χ4v) is 3.31. The molecule has 0 amide bonds. The van der Waals surface area contributed by atoms with Crippen LogP contribution < -0.4 is 5.73 Å². The van der Waals surface area contributed by atoms with E-state index in [-0.39, 0.29) is 5.54 Å². The standard InChI is InChI=1S/C10H14BrNS/c1-7-8(6-9(11)13-7)2-3-10(12)4-5-10/h6H,2-5,12H2,1H3. The zero-order valence-electron chi connectivity index (χ0n) is 7.77. The van der Waals surface area contributed by atoms with Gasteiger partial charge in [0.2, 0.25) is 0 Å². The number of nitrogens with two attached hydrogens (primary N) is 1. The highest BCUT2D eigenvalue weighted by Gasteiger charge is 2.37. The third-order valence-corrected chi connectivity index (χ3v) is 4.37. The number of hydrogen-bond donors (Lipinski definition) is 1. The molecule has 0 spiro atoms. The van der Waals surface area contributed by atoms with Crippen LogP contribution in [0.2, 0.25) is 0 Å². The minimum Gasteiger partial charge on any atom is -0.325 e. The molecule has 1 saturated carbocycles. The summed E-state index contributed by atoms with van der Waals surface area (Å²) in [6.45, 7) is 2.18. The number of thiophene rings is 1. The van der Waals surface area contributed by atoms with Crippen LogP contribution in [0.1, 0.15) is 29.7 Å². The number of rotatable bonds is 3. The van der Waals surface area contributed by atoms with Gasteiger partial charge >= 0.3 is 0 Å². The lowest BCUT2D eigenvalue weighted by Gasteiger charge is -2.06. The lowest BCUT2D eigenvalue weighted by molar-refractivity contribution is 0.609. The summed E-state index contributed by atoms with van der Waals surface area (Å²) in [7, 11) is 0. The van der Waals surface area contributed by atoms with Crippen molar-refractivity contribution in [2.45, 2.75) is 38.1 Å². The Hall–Kier alpha value is 0.140. The maximum absolute atomic E-state index is 6.04. The second-order valence-corrected chi connectivity index (χ2v) is 6.63. The monoisotopic (exact) mass is 259 g/mol. The van der Waals surface area contributed by atoms with Crippen LogP contribution in [-0.4, -0.2) is 5.54 Å². The summed E-state index contributed by atoms with van der Waals surface area (Å²) in [5.41, 5.74) is 7.70. The Morgan fingerprint density at radius 3 is 2.77 bits per heavy atom. The molecule has 1 heterocycles. The third-order valence-electron chi connectivity index (χ3n) is 2.77. The first-order chi connectivity index (χ1) is 6.09. The van der Waals surface area contributed by atoms with E-state index in [2.05, 4.69) is 28.9 Å². The molecule has 72 valence electrons. The first-order valence-electron chi connectivity index (χ1n) is 4.63. The summed E-state index contributed by atoms with van der Waals surface area (Å²) in [5.74, 6) is 0. The smallest absolute Gasteiger partial charge is 0.0704 e. The maximum atomic E-state index is 6.04. The molecule has 1 aromatic rings. The molecule has 0 aliphatic heterocycles. The summed E-state index contributed by atoms with van der Waals surface area (Å²) >= 11 is 5.32. The van der Waals surface area contributed by atoms with Crippen molar-refractivity contribution in [1.29, 1.82) is 0 Å². The molecule has 0 bridgehead atoms. The average molecular weight is 260 g/mol. The largest absolute Gasteiger partial charge is 0.325 e. The lowest BCUT2D eigenvalue weighted by atomic mass is 10.1. The van der Waals surface area contributed by atoms with Crippen LogP contribution in [0.4, 0.5) is 0 Å². The van der Waals surface area contributed by atoms with E-state index >= 15 is 0 Å². The van der Waals surface area contributed by atoms with Gasteiger partial charge in [-0.05, 0) is 60.2 Å². The van der Waals surface area contributed by atoms with Gasteiger partial charge in [0.15, 0.2) is 0 Å². The SMILES string of the molecule is Cc1sc(Br)cc1CCC1(N)CC1. The van der Waals surface area contributed by atoms with Gasteiger partial charge in [0, 0.05) is 10.4 Å². The molecule has 0 atom stereocenters. The summed E-state index contributed by atoms with van der Waals surface area (Å²) in [5, 5.41) is 0. The maximum Gasteiger partial charge on any atom is 0.0704 e. The molecule has 2 N–H and O–H groups in total. The summed E-state index contributed by atoms with van der Waals surface area (Å²) in [6.07, 6.45) is 4.73. The van der Waals surface area contributed by atoms with Crippen molar-refractivity contribution in [2.75, 3.05) is 0 Å². The Balaban J connectivity index is 1.97. The highest BCUT2D eigenvalue weighted by atomic mass is 79.9. The average Bonchev–Trinajstić information content (AvgIpc) is 2.69. The Bertz CT molecular complexity index is 315. The summed E-state index contributed by atoms with van der Waals surface area (Å²) in [4.78, 5) is 1.43. The summed E-state index contributed by atoms with van der Waals surface area (Å²) < 4.78 is 1.24. The van der Waals surface area contributed by atoms with Gasteiger partial charge in [0.05, 0.1) is 3.79 Å². The molecule has 13 heavy (non-hydrogen) atoms. The molecule has 0 aromatic carbocycles. The van der Waals surface area contributed by atoms with Crippen LogP contribution in [0.25, 0.3) is 0 Å². The zero-order valence-corrected chi connectivity index (χ0v) is 10.2. The minimum atomic E-state index is 0.195. The van der Waals surface area contributed by atoms with Gasteiger partial charge in [-0.15, -0.1) is 11.3 Å². The van der Waals surface area contributed by atoms with E-state index in [0.29, 0.717) is 0 Å². The van der Waals surface area contributed by atoms with Gasteiger partial charge in [0.25, 0.3) is 0 Å². The normalized spacial score (nSPS) is 19.0. The van der Waals surface area contributed by atoms with Crippen LogP contribution in [0.15, 0.2) is 9.85 Å². The van der Waals surface area contributed by atoms with E-state index < -0.39 is 0 Å². The van der Waals surface area contributed by atoms with E-state index in [1.807, 2.05) is 11.3 Å². The van der Waals surface area contributed by atoms with Gasteiger partial charge in [-0.2, -0.15) is 0 Å². The highest BCUT2D eigenvalue weighted by molar-refractivity contribution is 9.11. The molecule has 2 rings (SSSR count).